The number of benzene rings is 1. The Kier molecular flexibility index (Phi) is 3.65. The minimum Gasteiger partial charge on any atom is -0.316 e. The van der Waals surface area contributed by atoms with E-state index in [1.54, 1.807) is 36.5 Å². The fraction of sp³-hybridized carbons (Fsp3) is 0.0625. The average molecular weight is 314 g/mol. The molecule has 0 radical (unpaired) electrons. The molecule has 0 fully saturated rings. The van der Waals surface area contributed by atoms with Gasteiger partial charge in [-0.3, -0.25) is 14.0 Å². The molecule has 0 aliphatic rings. The molecule has 1 amide bonds. The Bertz CT molecular complexity index is 934. The summed E-state index contributed by atoms with van der Waals surface area (Å²) < 4.78 is 1.40. The molecule has 0 spiro atoms. The quantitative estimate of drug-likeness (QED) is 0.791. The van der Waals surface area contributed by atoms with Crippen LogP contribution >= 0.6 is 11.6 Å². The number of carbonyl (C=O) groups excluding carboxylic acids is 1. The van der Waals surface area contributed by atoms with Crippen molar-refractivity contribution in [3.05, 3.63) is 75.3 Å². The minimum absolute atomic E-state index is 0.105. The van der Waals surface area contributed by atoms with Gasteiger partial charge in [-0.2, -0.15) is 0 Å². The summed E-state index contributed by atoms with van der Waals surface area (Å²) in [7, 11) is 0. The van der Waals surface area contributed by atoms with E-state index in [9.17, 15) is 9.59 Å². The maximum Gasteiger partial charge on any atom is 0.281 e. The van der Waals surface area contributed by atoms with Crippen LogP contribution in [0.5, 0.6) is 0 Å². The van der Waals surface area contributed by atoms with Crippen molar-refractivity contribution in [3.63, 3.8) is 0 Å². The predicted octanol–water partition coefficient (Wildman–Crippen LogP) is 2.91. The molecule has 22 heavy (non-hydrogen) atoms. The molecule has 0 unspecified atom stereocenters. The van der Waals surface area contributed by atoms with E-state index in [1.807, 2.05) is 13.0 Å². The summed E-state index contributed by atoms with van der Waals surface area (Å²) in [6.07, 6.45) is 3.03. The lowest BCUT2D eigenvalue weighted by molar-refractivity contribution is 0.102. The summed E-state index contributed by atoms with van der Waals surface area (Å²) >= 11 is 5.98. The van der Waals surface area contributed by atoms with Crippen LogP contribution in [0.15, 0.2) is 53.6 Å². The standard InChI is InChI=1S/C16H12ClN3O2/c1-10-6-7-14-18-8-13(16(22)20(14)9-10)19-15(21)11-4-2-3-5-12(11)17/h2-9H,1H3,(H,19,21). The van der Waals surface area contributed by atoms with E-state index in [2.05, 4.69) is 10.3 Å². The van der Waals surface area contributed by atoms with Crippen molar-refractivity contribution in [2.24, 2.45) is 0 Å². The molecule has 110 valence electrons. The first-order chi connectivity index (χ1) is 10.6. The highest BCUT2D eigenvalue weighted by atomic mass is 35.5. The molecule has 3 rings (SSSR count). The number of nitrogens with one attached hydrogen (secondary N) is 1. The van der Waals surface area contributed by atoms with E-state index in [1.165, 1.54) is 10.6 Å². The Morgan fingerprint density at radius 1 is 1.23 bits per heavy atom. The van der Waals surface area contributed by atoms with Crippen molar-refractivity contribution in [2.45, 2.75) is 6.92 Å². The molecule has 0 saturated carbocycles. The van der Waals surface area contributed by atoms with Gasteiger partial charge in [0.1, 0.15) is 11.3 Å². The number of aromatic nitrogens is 2. The lowest BCUT2D eigenvalue weighted by Crippen LogP contribution is -2.23. The average Bonchev–Trinajstić information content (AvgIpc) is 2.51. The summed E-state index contributed by atoms with van der Waals surface area (Å²) in [4.78, 5) is 28.8. The smallest absolute Gasteiger partial charge is 0.281 e. The van der Waals surface area contributed by atoms with Crippen molar-refractivity contribution >= 4 is 28.8 Å². The second-order valence-electron chi connectivity index (χ2n) is 4.85. The molecule has 3 aromatic rings. The fourth-order valence-corrected chi connectivity index (χ4v) is 2.32. The van der Waals surface area contributed by atoms with Crippen LogP contribution in [0.4, 0.5) is 5.69 Å². The summed E-state index contributed by atoms with van der Waals surface area (Å²) in [5.41, 5.74) is 1.51. The predicted molar refractivity (Wildman–Crippen MR) is 85.6 cm³/mol. The van der Waals surface area contributed by atoms with Gasteiger partial charge in [-0.1, -0.05) is 29.8 Å². The van der Waals surface area contributed by atoms with Crippen LogP contribution in [0, 0.1) is 6.92 Å². The van der Waals surface area contributed by atoms with E-state index < -0.39 is 5.91 Å². The molecule has 5 nitrogen and oxygen atoms in total. The summed E-state index contributed by atoms with van der Waals surface area (Å²) in [5, 5.41) is 2.88. The zero-order chi connectivity index (χ0) is 15.7. The van der Waals surface area contributed by atoms with Crippen LogP contribution in [0.3, 0.4) is 0 Å². The molecular formula is C16H12ClN3O2. The van der Waals surface area contributed by atoms with Crippen LogP contribution in [0.2, 0.25) is 5.02 Å². The van der Waals surface area contributed by atoms with Crippen molar-refractivity contribution in [1.82, 2.24) is 9.38 Å². The third kappa shape index (κ3) is 2.58. The topological polar surface area (TPSA) is 63.5 Å². The lowest BCUT2D eigenvalue weighted by atomic mass is 10.2. The van der Waals surface area contributed by atoms with Crippen molar-refractivity contribution in [3.8, 4) is 0 Å². The molecule has 0 saturated heterocycles. The highest BCUT2D eigenvalue weighted by Gasteiger charge is 2.13. The number of halogens is 1. The zero-order valence-electron chi connectivity index (χ0n) is 11.7. The maximum atomic E-state index is 12.4. The van der Waals surface area contributed by atoms with Gasteiger partial charge in [0.2, 0.25) is 0 Å². The number of amides is 1. The number of hydrogen-bond donors (Lipinski definition) is 1. The van der Waals surface area contributed by atoms with Gasteiger partial charge in [-0.25, -0.2) is 4.98 Å². The third-order valence-corrected chi connectivity index (χ3v) is 3.55. The van der Waals surface area contributed by atoms with E-state index in [0.717, 1.165) is 5.56 Å². The van der Waals surface area contributed by atoms with Gasteiger partial charge in [-0.15, -0.1) is 0 Å². The Balaban J connectivity index is 2.01. The second-order valence-corrected chi connectivity index (χ2v) is 5.25. The number of fused-ring (bicyclic) bond motifs is 1. The summed E-state index contributed by atoms with van der Waals surface area (Å²) in [6.45, 7) is 1.88. The first-order valence-corrected chi connectivity index (χ1v) is 6.98. The van der Waals surface area contributed by atoms with Gasteiger partial charge in [0, 0.05) is 6.20 Å². The van der Waals surface area contributed by atoms with Crippen LogP contribution < -0.4 is 10.9 Å². The lowest BCUT2D eigenvalue weighted by Gasteiger charge is -2.07. The molecule has 1 aromatic carbocycles. The van der Waals surface area contributed by atoms with Crippen LogP contribution in [-0.2, 0) is 0 Å². The normalized spacial score (nSPS) is 10.6. The summed E-state index contributed by atoms with van der Waals surface area (Å²) in [6, 6.07) is 10.3. The van der Waals surface area contributed by atoms with Crippen molar-refractivity contribution in [1.29, 1.82) is 0 Å². The molecule has 0 bridgehead atoms. The molecule has 6 heteroatoms. The SMILES string of the molecule is Cc1ccc2ncc(NC(=O)c3ccccc3Cl)c(=O)n2c1. The summed E-state index contributed by atoms with van der Waals surface area (Å²) in [5.74, 6) is -0.447. The highest BCUT2D eigenvalue weighted by molar-refractivity contribution is 6.34. The Morgan fingerprint density at radius 3 is 2.77 bits per heavy atom. The number of carbonyl (C=O) groups is 1. The van der Waals surface area contributed by atoms with E-state index >= 15 is 0 Å². The largest absolute Gasteiger partial charge is 0.316 e. The monoisotopic (exact) mass is 313 g/mol. The van der Waals surface area contributed by atoms with Crippen molar-refractivity contribution < 1.29 is 4.79 Å². The van der Waals surface area contributed by atoms with Gasteiger partial charge in [0.05, 0.1) is 16.8 Å². The molecular weight excluding hydrogens is 302 g/mol. The van der Waals surface area contributed by atoms with Gasteiger partial charge in [0.25, 0.3) is 11.5 Å². The third-order valence-electron chi connectivity index (χ3n) is 3.22. The molecule has 0 atom stereocenters. The Hall–Kier alpha value is -2.66. The Morgan fingerprint density at radius 2 is 2.00 bits per heavy atom. The minimum atomic E-state index is -0.447. The first kappa shape index (κ1) is 14.3. The molecule has 0 aliphatic heterocycles. The Labute approximate surface area is 131 Å². The number of aryl methyl sites for hydroxylation is 1. The van der Waals surface area contributed by atoms with Gasteiger partial charge in [0.15, 0.2) is 0 Å². The maximum absolute atomic E-state index is 12.4. The number of nitrogens with zero attached hydrogens (tertiary/aromatic N) is 2. The molecule has 2 heterocycles. The van der Waals surface area contributed by atoms with Crippen LogP contribution in [-0.4, -0.2) is 15.3 Å². The van der Waals surface area contributed by atoms with E-state index in [0.29, 0.717) is 16.2 Å². The first-order valence-electron chi connectivity index (χ1n) is 6.60. The number of pyridine rings is 1. The van der Waals surface area contributed by atoms with Gasteiger partial charge < -0.3 is 5.32 Å². The highest BCUT2D eigenvalue weighted by Crippen LogP contribution is 2.16. The molecule has 1 N–H and O–H groups in total. The van der Waals surface area contributed by atoms with Gasteiger partial charge in [-0.05, 0) is 30.7 Å². The fourth-order valence-electron chi connectivity index (χ4n) is 2.10. The second kappa shape index (κ2) is 5.61. The number of hydrogen-bond acceptors (Lipinski definition) is 3. The van der Waals surface area contributed by atoms with E-state index in [4.69, 9.17) is 11.6 Å². The van der Waals surface area contributed by atoms with Gasteiger partial charge >= 0.3 is 0 Å². The van der Waals surface area contributed by atoms with Crippen LogP contribution in [0.1, 0.15) is 15.9 Å². The number of rotatable bonds is 2. The zero-order valence-corrected chi connectivity index (χ0v) is 12.5. The van der Waals surface area contributed by atoms with Crippen molar-refractivity contribution in [2.75, 3.05) is 5.32 Å². The van der Waals surface area contributed by atoms with E-state index in [-0.39, 0.29) is 11.2 Å². The molecule has 2 aromatic heterocycles. The molecule has 0 aliphatic carbocycles. The van der Waals surface area contributed by atoms with Crippen LogP contribution in [0.25, 0.3) is 5.65 Å². The number of anilines is 1.